The van der Waals surface area contributed by atoms with Crippen LogP contribution in [0.15, 0.2) is 60.9 Å². The Hall–Kier alpha value is -3.84. The summed E-state index contributed by atoms with van der Waals surface area (Å²) >= 11 is 0. The van der Waals surface area contributed by atoms with Gasteiger partial charge >= 0.3 is 0 Å². The summed E-state index contributed by atoms with van der Waals surface area (Å²) in [5.74, 6) is 0.687. The van der Waals surface area contributed by atoms with Crippen LogP contribution in [0.2, 0.25) is 0 Å². The zero-order valence-electron chi connectivity index (χ0n) is 19.2. The molecule has 0 saturated heterocycles. The van der Waals surface area contributed by atoms with E-state index < -0.39 is 6.10 Å². The van der Waals surface area contributed by atoms with E-state index in [2.05, 4.69) is 21.4 Å². The van der Waals surface area contributed by atoms with Crippen molar-refractivity contribution in [3.8, 4) is 28.0 Å². The van der Waals surface area contributed by atoms with Gasteiger partial charge in [0.2, 0.25) is 0 Å². The maximum atomic E-state index is 12.7. The number of aromatic nitrogens is 2. The highest BCUT2D eigenvalue weighted by atomic mass is 16.5. The summed E-state index contributed by atoms with van der Waals surface area (Å²) in [7, 11) is 5.10. The maximum Gasteiger partial charge on any atom is 0.255 e. The third-order valence-electron chi connectivity index (χ3n) is 5.51. The first-order valence-corrected chi connectivity index (χ1v) is 10.8. The standard InChI is InChI=1S/C26H28N4O3/c1-16(31)13-27-23-12-17(9-10-20(23)26(32)30(2)3)18-11-21-22(15-29-25(21)28-14-18)19-7-5-6-8-24(19)33-4/h5-12,14-16,27,31H,13H2,1-4H3,(H,28,29). The second-order valence-corrected chi connectivity index (χ2v) is 8.21. The van der Waals surface area contributed by atoms with Gasteiger partial charge in [0.15, 0.2) is 0 Å². The van der Waals surface area contributed by atoms with Crippen LogP contribution in [0.25, 0.3) is 33.3 Å². The van der Waals surface area contributed by atoms with Crippen LogP contribution in [-0.4, -0.2) is 59.7 Å². The van der Waals surface area contributed by atoms with Gasteiger partial charge < -0.3 is 25.0 Å². The van der Waals surface area contributed by atoms with Crippen molar-refractivity contribution in [2.45, 2.75) is 13.0 Å². The second kappa shape index (κ2) is 9.34. The first kappa shape index (κ1) is 22.4. The highest BCUT2D eigenvalue weighted by Crippen LogP contribution is 2.36. The zero-order valence-corrected chi connectivity index (χ0v) is 19.2. The number of benzene rings is 2. The number of methoxy groups -OCH3 is 1. The van der Waals surface area contributed by atoms with Crippen LogP contribution in [0.5, 0.6) is 5.75 Å². The molecule has 0 saturated carbocycles. The van der Waals surface area contributed by atoms with Gasteiger partial charge in [0.25, 0.3) is 5.91 Å². The van der Waals surface area contributed by atoms with E-state index in [1.54, 1.807) is 28.1 Å². The smallest absolute Gasteiger partial charge is 0.255 e. The molecule has 1 amide bonds. The van der Waals surface area contributed by atoms with Crippen molar-refractivity contribution in [3.63, 3.8) is 0 Å². The summed E-state index contributed by atoms with van der Waals surface area (Å²) in [5.41, 5.74) is 5.83. The van der Waals surface area contributed by atoms with Gasteiger partial charge in [0, 0.05) is 60.8 Å². The molecule has 0 aliphatic carbocycles. The lowest BCUT2D eigenvalue weighted by atomic mass is 9.99. The lowest BCUT2D eigenvalue weighted by Gasteiger charge is -2.17. The Labute approximate surface area is 193 Å². The van der Waals surface area contributed by atoms with Crippen molar-refractivity contribution in [2.24, 2.45) is 0 Å². The summed E-state index contributed by atoms with van der Waals surface area (Å²) in [5, 5.41) is 13.9. The number of aliphatic hydroxyl groups excluding tert-OH is 1. The first-order chi connectivity index (χ1) is 15.9. The minimum absolute atomic E-state index is 0.104. The normalized spacial score (nSPS) is 11.9. The largest absolute Gasteiger partial charge is 0.496 e. The number of nitrogens with zero attached hydrogens (tertiary/aromatic N) is 2. The van der Waals surface area contributed by atoms with Crippen LogP contribution in [0.1, 0.15) is 17.3 Å². The lowest BCUT2D eigenvalue weighted by molar-refractivity contribution is 0.0828. The van der Waals surface area contributed by atoms with Crippen molar-refractivity contribution in [1.82, 2.24) is 14.9 Å². The van der Waals surface area contributed by atoms with E-state index >= 15 is 0 Å². The average molecular weight is 445 g/mol. The summed E-state index contributed by atoms with van der Waals surface area (Å²) in [6, 6.07) is 15.6. The van der Waals surface area contributed by atoms with Crippen molar-refractivity contribution in [3.05, 3.63) is 66.5 Å². The second-order valence-electron chi connectivity index (χ2n) is 8.21. The van der Waals surface area contributed by atoms with Crippen LogP contribution in [-0.2, 0) is 0 Å². The molecule has 0 bridgehead atoms. The van der Waals surface area contributed by atoms with Crippen molar-refractivity contribution in [1.29, 1.82) is 0 Å². The van der Waals surface area contributed by atoms with Crippen LogP contribution in [0.4, 0.5) is 5.69 Å². The number of aromatic amines is 1. The number of aliphatic hydroxyl groups is 1. The van der Waals surface area contributed by atoms with Gasteiger partial charge in [-0.2, -0.15) is 0 Å². The number of carbonyl (C=O) groups excluding carboxylic acids is 1. The van der Waals surface area contributed by atoms with E-state index in [0.717, 1.165) is 39.0 Å². The molecular formula is C26H28N4O3. The molecule has 170 valence electrons. The van der Waals surface area contributed by atoms with Gasteiger partial charge in [0.05, 0.1) is 18.8 Å². The van der Waals surface area contributed by atoms with Crippen molar-refractivity contribution >= 4 is 22.6 Å². The fourth-order valence-corrected chi connectivity index (χ4v) is 3.81. The number of pyridine rings is 1. The van der Waals surface area contributed by atoms with Crippen LogP contribution in [0.3, 0.4) is 0 Å². The number of nitrogens with one attached hydrogen (secondary N) is 2. The fraction of sp³-hybridized carbons (Fsp3) is 0.231. The molecule has 0 fully saturated rings. The third-order valence-corrected chi connectivity index (χ3v) is 5.51. The third kappa shape index (κ3) is 4.54. The first-order valence-electron chi connectivity index (χ1n) is 10.8. The Morgan fingerprint density at radius 1 is 1.15 bits per heavy atom. The zero-order chi connectivity index (χ0) is 23.5. The monoisotopic (exact) mass is 444 g/mol. The molecular weight excluding hydrogens is 416 g/mol. The van der Waals surface area contributed by atoms with Crippen LogP contribution >= 0.6 is 0 Å². The van der Waals surface area contributed by atoms with E-state index in [9.17, 15) is 9.90 Å². The minimum atomic E-state index is -0.544. The number of carbonyl (C=O) groups is 1. The van der Waals surface area contributed by atoms with Gasteiger partial charge in [-0.3, -0.25) is 4.79 Å². The van der Waals surface area contributed by atoms with Gasteiger partial charge in [-0.15, -0.1) is 0 Å². The number of para-hydroxylation sites is 1. The molecule has 0 spiro atoms. The van der Waals surface area contributed by atoms with E-state index in [1.807, 2.05) is 54.9 Å². The van der Waals surface area contributed by atoms with Crippen molar-refractivity contribution in [2.75, 3.05) is 33.1 Å². The molecule has 4 rings (SSSR count). The van der Waals surface area contributed by atoms with Gasteiger partial charge in [-0.05, 0) is 36.8 Å². The van der Waals surface area contributed by atoms with E-state index in [1.165, 1.54) is 4.90 Å². The fourth-order valence-electron chi connectivity index (χ4n) is 3.81. The minimum Gasteiger partial charge on any atom is -0.496 e. The molecule has 4 aromatic rings. The molecule has 1 atom stereocenters. The number of amides is 1. The summed E-state index contributed by atoms with van der Waals surface area (Å²) in [4.78, 5) is 22.0. The molecule has 0 radical (unpaired) electrons. The molecule has 1 unspecified atom stereocenters. The number of H-pyrrole nitrogens is 1. The van der Waals surface area contributed by atoms with E-state index in [0.29, 0.717) is 17.8 Å². The molecule has 3 N–H and O–H groups in total. The number of anilines is 1. The lowest BCUT2D eigenvalue weighted by Crippen LogP contribution is -2.24. The average Bonchev–Trinajstić information content (AvgIpc) is 3.25. The number of hydrogen-bond acceptors (Lipinski definition) is 5. The number of fused-ring (bicyclic) bond motifs is 1. The van der Waals surface area contributed by atoms with E-state index in [4.69, 9.17) is 4.74 Å². The van der Waals surface area contributed by atoms with Crippen molar-refractivity contribution < 1.29 is 14.6 Å². The molecule has 7 heteroatoms. The number of ether oxygens (including phenoxy) is 1. The summed E-state index contributed by atoms with van der Waals surface area (Å²) in [6.07, 6.45) is 3.21. The molecule has 0 aliphatic rings. The number of rotatable bonds is 7. The predicted molar refractivity (Wildman–Crippen MR) is 132 cm³/mol. The molecule has 0 aliphatic heterocycles. The Morgan fingerprint density at radius 2 is 1.94 bits per heavy atom. The highest BCUT2D eigenvalue weighted by molar-refractivity contribution is 6.01. The Bertz CT molecular complexity index is 1290. The predicted octanol–water partition coefficient (Wildman–Crippen LogP) is 4.40. The van der Waals surface area contributed by atoms with Gasteiger partial charge in [-0.25, -0.2) is 4.98 Å². The van der Waals surface area contributed by atoms with Crippen LogP contribution < -0.4 is 10.1 Å². The Morgan fingerprint density at radius 3 is 2.67 bits per heavy atom. The maximum absolute atomic E-state index is 12.7. The summed E-state index contributed by atoms with van der Waals surface area (Å²) in [6.45, 7) is 2.04. The Kier molecular flexibility index (Phi) is 6.33. The molecule has 2 heterocycles. The quantitative estimate of drug-likeness (QED) is 0.393. The highest BCUT2D eigenvalue weighted by Gasteiger charge is 2.16. The summed E-state index contributed by atoms with van der Waals surface area (Å²) < 4.78 is 5.55. The number of hydrogen-bond donors (Lipinski definition) is 3. The molecule has 33 heavy (non-hydrogen) atoms. The topological polar surface area (TPSA) is 90.5 Å². The SMILES string of the molecule is COc1ccccc1-c1c[nH]c2ncc(-c3ccc(C(=O)N(C)C)c(NCC(C)O)c3)cc12. The molecule has 2 aromatic carbocycles. The molecule has 7 nitrogen and oxygen atoms in total. The van der Waals surface area contributed by atoms with Gasteiger partial charge in [0.1, 0.15) is 11.4 Å². The Balaban J connectivity index is 1.80. The van der Waals surface area contributed by atoms with Gasteiger partial charge in [-0.1, -0.05) is 24.3 Å². The molecule has 2 aromatic heterocycles. The van der Waals surface area contributed by atoms with Crippen LogP contribution in [0, 0.1) is 0 Å². The van der Waals surface area contributed by atoms with E-state index in [-0.39, 0.29) is 5.91 Å².